The molecule has 20 heavy (non-hydrogen) atoms. The number of rotatable bonds is 16. The van der Waals surface area contributed by atoms with Crippen molar-refractivity contribution in [2.24, 2.45) is 0 Å². The van der Waals surface area contributed by atoms with E-state index in [0.717, 1.165) is 5.75 Å². The van der Waals surface area contributed by atoms with Gasteiger partial charge in [-0.25, -0.2) is 0 Å². The van der Waals surface area contributed by atoms with Crippen LogP contribution in [0.1, 0.15) is 90.9 Å². The molecule has 0 saturated carbocycles. The Morgan fingerprint density at radius 3 is 1.35 bits per heavy atom. The highest BCUT2D eigenvalue weighted by Crippen LogP contribution is 2.09. The number of unbranched alkanes of at least 4 members (excludes halogenated alkanes) is 10. The molecule has 0 spiro atoms. The quantitative estimate of drug-likeness (QED) is 0.273. The molecular formula is C18H39NS. The summed E-state index contributed by atoms with van der Waals surface area (Å²) < 4.78 is 0. The third-order valence-electron chi connectivity index (χ3n) is 4.07. The predicted octanol–water partition coefficient (Wildman–Crippen LogP) is 5.94. The smallest absolute Gasteiger partial charge is 0.00698 e. The molecule has 0 amide bonds. The SMILES string of the molecule is CCCCCCCCN(CCS)CCCCCCCC. The fourth-order valence-corrected chi connectivity index (χ4v) is 2.99. The lowest BCUT2D eigenvalue weighted by Gasteiger charge is -2.21. The molecule has 0 aromatic carbocycles. The molecule has 122 valence electrons. The first-order chi connectivity index (χ1) is 9.85. The summed E-state index contributed by atoms with van der Waals surface area (Å²) in [5, 5.41) is 0. The summed E-state index contributed by atoms with van der Waals surface area (Å²) >= 11 is 4.40. The van der Waals surface area contributed by atoms with Crippen LogP contribution in [0.5, 0.6) is 0 Å². The fraction of sp³-hybridized carbons (Fsp3) is 1.00. The maximum absolute atomic E-state index is 4.40. The topological polar surface area (TPSA) is 3.24 Å². The molecule has 0 aliphatic heterocycles. The maximum atomic E-state index is 4.40. The van der Waals surface area contributed by atoms with Gasteiger partial charge in [0.25, 0.3) is 0 Å². The Balaban J connectivity index is 3.45. The second-order valence-electron chi connectivity index (χ2n) is 6.10. The molecular weight excluding hydrogens is 262 g/mol. The van der Waals surface area contributed by atoms with Crippen LogP contribution in [0.3, 0.4) is 0 Å². The van der Waals surface area contributed by atoms with E-state index in [9.17, 15) is 0 Å². The van der Waals surface area contributed by atoms with Crippen LogP contribution in [0.2, 0.25) is 0 Å². The second-order valence-corrected chi connectivity index (χ2v) is 6.55. The van der Waals surface area contributed by atoms with Gasteiger partial charge in [0.15, 0.2) is 0 Å². The first-order valence-corrected chi connectivity index (χ1v) is 9.81. The van der Waals surface area contributed by atoms with Crippen LogP contribution in [0.25, 0.3) is 0 Å². The molecule has 0 aliphatic rings. The Bertz CT molecular complexity index is 157. The Kier molecular flexibility index (Phi) is 17.6. The minimum absolute atomic E-state index is 1.01. The molecule has 0 radical (unpaired) electrons. The average Bonchev–Trinajstić information content (AvgIpc) is 2.46. The Labute approximate surface area is 134 Å². The van der Waals surface area contributed by atoms with Crippen LogP contribution >= 0.6 is 12.6 Å². The molecule has 0 saturated heterocycles. The Morgan fingerprint density at radius 2 is 0.950 bits per heavy atom. The summed E-state index contributed by atoms with van der Waals surface area (Å²) in [5.41, 5.74) is 0. The van der Waals surface area contributed by atoms with Gasteiger partial charge in [0.05, 0.1) is 0 Å². The highest BCUT2D eigenvalue weighted by molar-refractivity contribution is 7.80. The first kappa shape index (κ1) is 20.3. The summed E-state index contributed by atoms with van der Waals surface area (Å²) in [6.45, 7) is 8.33. The molecule has 0 aromatic heterocycles. The van der Waals surface area contributed by atoms with E-state index in [1.54, 1.807) is 0 Å². The van der Waals surface area contributed by atoms with E-state index in [0.29, 0.717) is 0 Å². The zero-order valence-electron chi connectivity index (χ0n) is 14.2. The van der Waals surface area contributed by atoms with Crippen molar-refractivity contribution in [3.8, 4) is 0 Å². The summed E-state index contributed by atoms with van der Waals surface area (Å²) in [6, 6.07) is 0. The number of hydrogen-bond donors (Lipinski definition) is 1. The molecule has 0 aromatic rings. The van der Waals surface area contributed by atoms with Gasteiger partial charge in [-0.05, 0) is 25.9 Å². The number of hydrogen-bond acceptors (Lipinski definition) is 2. The van der Waals surface area contributed by atoms with Crippen LogP contribution < -0.4 is 0 Å². The first-order valence-electron chi connectivity index (χ1n) is 9.18. The van der Waals surface area contributed by atoms with Crippen molar-refractivity contribution in [1.82, 2.24) is 4.90 Å². The van der Waals surface area contributed by atoms with E-state index in [4.69, 9.17) is 0 Å². The summed E-state index contributed by atoms with van der Waals surface area (Å²) in [5.74, 6) is 1.01. The molecule has 0 N–H and O–H groups in total. The largest absolute Gasteiger partial charge is 0.303 e. The van der Waals surface area contributed by atoms with Gasteiger partial charge in [0, 0.05) is 12.3 Å². The molecule has 0 rings (SSSR count). The highest BCUT2D eigenvalue weighted by atomic mass is 32.1. The van der Waals surface area contributed by atoms with Crippen LogP contribution in [0.4, 0.5) is 0 Å². The lowest BCUT2D eigenvalue weighted by atomic mass is 10.1. The molecule has 2 heteroatoms. The second kappa shape index (κ2) is 17.4. The zero-order chi connectivity index (χ0) is 14.9. The van der Waals surface area contributed by atoms with Crippen molar-refractivity contribution < 1.29 is 0 Å². The molecule has 0 aliphatic carbocycles. The van der Waals surface area contributed by atoms with Crippen LogP contribution in [-0.2, 0) is 0 Å². The normalized spacial score (nSPS) is 11.4. The van der Waals surface area contributed by atoms with E-state index < -0.39 is 0 Å². The van der Waals surface area contributed by atoms with E-state index >= 15 is 0 Å². The minimum Gasteiger partial charge on any atom is -0.303 e. The Hall–Kier alpha value is 0.310. The van der Waals surface area contributed by atoms with E-state index in [1.165, 1.54) is 96.7 Å². The van der Waals surface area contributed by atoms with Crippen molar-refractivity contribution in [3.63, 3.8) is 0 Å². The van der Waals surface area contributed by atoms with Crippen molar-refractivity contribution in [2.75, 3.05) is 25.4 Å². The van der Waals surface area contributed by atoms with Crippen LogP contribution in [-0.4, -0.2) is 30.3 Å². The van der Waals surface area contributed by atoms with E-state index in [-0.39, 0.29) is 0 Å². The molecule has 0 bridgehead atoms. The van der Waals surface area contributed by atoms with Gasteiger partial charge in [-0.2, -0.15) is 12.6 Å². The van der Waals surface area contributed by atoms with Gasteiger partial charge >= 0.3 is 0 Å². The lowest BCUT2D eigenvalue weighted by molar-refractivity contribution is 0.275. The molecule has 0 fully saturated rings. The van der Waals surface area contributed by atoms with Gasteiger partial charge in [-0.3, -0.25) is 0 Å². The maximum Gasteiger partial charge on any atom is 0.00698 e. The summed E-state index contributed by atoms with van der Waals surface area (Å²) in [7, 11) is 0. The monoisotopic (exact) mass is 301 g/mol. The lowest BCUT2D eigenvalue weighted by Crippen LogP contribution is -2.28. The van der Waals surface area contributed by atoms with Gasteiger partial charge in [-0.1, -0.05) is 78.1 Å². The summed E-state index contributed by atoms with van der Waals surface area (Å²) in [4.78, 5) is 2.63. The molecule has 1 nitrogen and oxygen atoms in total. The van der Waals surface area contributed by atoms with E-state index in [1.807, 2.05) is 0 Å². The van der Waals surface area contributed by atoms with Crippen molar-refractivity contribution in [3.05, 3.63) is 0 Å². The zero-order valence-corrected chi connectivity index (χ0v) is 15.1. The van der Waals surface area contributed by atoms with Crippen molar-refractivity contribution in [1.29, 1.82) is 0 Å². The van der Waals surface area contributed by atoms with Gasteiger partial charge in [0.2, 0.25) is 0 Å². The Morgan fingerprint density at radius 1 is 0.550 bits per heavy atom. The molecule has 0 heterocycles. The third-order valence-corrected chi connectivity index (χ3v) is 4.27. The number of nitrogens with zero attached hydrogens (tertiary/aromatic N) is 1. The number of thiol groups is 1. The third kappa shape index (κ3) is 14.7. The van der Waals surface area contributed by atoms with Gasteiger partial charge < -0.3 is 4.90 Å². The van der Waals surface area contributed by atoms with Crippen LogP contribution in [0.15, 0.2) is 0 Å². The average molecular weight is 302 g/mol. The predicted molar refractivity (Wildman–Crippen MR) is 97.0 cm³/mol. The summed E-state index contributed by atoms with van der Waals surface area (Å²) in [6.07, 6.45) is 16.9. The van der Waals surface area contributed by atoms with Gasteiger partial charge in [-0.15, -0.1) is 0 Å². The van der Waals surface area contributed by atoms with Crippen molar-refractivity contribution >= 4 is 12.6 Å². The fourth-order valence-electron chi connectivity index (χ4n) is 2.71. The van der Waals surface area contributed by atoms with Crippen LogP contribution in [0, 0.1) is 0 Å². The minimum atomic E-state index is 1.01. The standard InChI is InChI=1S/C18H39NS/c1-3-5-7-9-11-13-15-19(17-18-20)16-14-12-10-8-6-4-2/h20H,3-18H2,1-2H3. The van der Waals surface area contributed by atoms with E-state index in [2.05, 4.69) is 31.4 Å². The molecule has 0 unspecified atom stereocenters. The van der Waals surface area contributed by atoms with Crippen molar-refractivity contribution in [2.45, 2.75) is 90.9 Å². The highest BCUT2D eigenvalue weighted by Gasteiger charge is 2.03. The molecule has 0 atom stereocenters. The van der Waals surface area contributed by atoms with Gasteiger partial charge in [0.1, 0.15) is 0 Å².